The quantitative estimate of drug-likeness (QED) is 0.588. The summed E-state index contributed by atoms with van der Waals surface area (Å²) in [6, 6.07) is 11.0. The zero-order chi connectivity index (χ0) is 23.0. The van der Waals surface area contributed by atoms with Crippen LogP contribution >= 0.6 is 0 Å². The van der Waals surface area contributed by atoms with Crippen molar-refractivity contribution in [2.75, 3.05) is 6.26 Å². The molecule has 0 fully saturated rings. The third-order valence-corrected chi connectivity index (χ3v) is 6.79. The van der Waals surface area contributed by atoms with Gasteiger partial charge in [-0.25, -0.2) is 13.2 Å². The lowest BCUT2D eigenvalue weighted by Gasteiger charge is -2.42. The van der Waals surface area contributed by atoms with Gasteiger partial charge in [-0.1, -0.05) is 64.1 Å². The van der Waals surface area contributed by atoms with Gasteiger partial charge >= 0.3 is 5.97 Å². The highest BCUT2D eigenvalue weighted by Gasteiger charge is 2.37. The molecular formula is C26H30O4S. The van der Waals surface area contributed by atoms with Gasteiger partial charge in [0.25, 0.3) is 0 Å². The van der Waals surface area contributed by atoms with E-state index in [0.717, 1.165) is 29.5 Å². The third kappa shape index (κ3) is 5.34. The molecule has 0 radical (unpaired) electrons. The van der Waals surface area contributed by atoms with Crippen LogP contribution in [-0.2, 0) is 20.7 Å². The minimum Gasteiger partial charge on any atom is -0.478 e. The second-order valence-electron chi connectivity index (χ2n) is 9.69. The number of hydrogen-bond acceptors (Lipinski definition) is 3. The molecule has 2 aromatic carbocycles. The smallest absolute Gasteiger partial charge is 0.335 e. The van der Waals surface area contributed by atoms with E-state index in [9.17, 15) is 13.2 Å². The standard InChI is InChI=1S/C26H30O4S/c1-25(2)13-14-26(3,4)23-17-21(12-15-31(5,29)30)20(16-22(23)25)11-8-18-6-9-19(10-7-18)24(27)28/h6-12,15-17H,13-14H2,1-5H3,(H,27,28). The monoisotopic (exact) mass is 438 g/mol. The minimum absolute atomic E-state index is 0.0213. The lowest BCUT2D eigenvalue weighted by Crippen LogP contribution is -2.34. The molecule has 3 rings (SSSR count). The molecule has 0 aliphatic heterocycles. The van der Waals surface area contributed by atoms with E-state index < -0.39 is 15.8 Å². The molecule has 0 heterocycles. The summed E-state index contributed by atoms with van der Waals surface area (Å²) in [6.07, 6.45) is 8.91. The fraction of sp³-hybridized carbons (Fsp3) is 0.346. The molecule has 5 heteroatoms. The molecule has 164 valence electrons. The summed E-state index contributed by atoms with van der Waals surface area (Å²) in [5.41, 5.74) is 5.52. The van der Waals surface area contributed by atoms with Crippen LogP contribution in [0, 0.1) is 0 Å². The van der Waals surface area contributed by atoms with E-state index in [2.05, 4.69) is 39.8 Å². The van der Waals surface area contributed by atoms with Crippen molar-refractivity contribution in [2.24, 2.45) is 0 Å². The van der Waals surface area contributed by atoms with Gasteiger partial charge in [0, 0.05) is 11.7 Å². The number of carboxylic acids is 1. The van der Waals surface area contributed by atoms with E-state index in [1.807, 2.05) is 12.2 Å². The number of sulfone groups is 1. The number of fused-ring (bicyclic) bond motifs is 1. The molecule has 2 aromatic rings. The lowest BCUT2D eigenvalue weighted by molar-refractivity contribution is 0.0697. The summed E-state index contributed by atoms with van der Waals surface area (Å²) in [4.78, 5) is 11.1. The average molecular weight is 439 g/mol. The number of carboxylic acid groups (broad SMARTS) is 1. The summed E-state index contributed by atoms with van der Waals surface area (Å²) in [6.45, 7) is 8.99. The highest BCUT2D eigenvalue weighted by Crippen LogP contribution is 2.46. The molecule has 4 nitrogen and oxygen atoms in total. The highest BCUT2D eigenvalue weighted by molar-refractivity contribution is 7.93. The molecule has 0 bridgehead atoms. The Morgan fingerprint density at radius 2 is 1.35 bits per heavy atom. The van der Waals surface area contributed by atoms with Gasteiger partial charge < -0.3 is 5.11 Å². The molecule has 0 saturated carbocycles. The predicted molar refractivity (Wildman–Crippen MR) is 128 cm³/mol. The number of carbonyl (C=O) groups is 1. The largest absolute Gasteiger partial charge is 0.478 e. The van der Waals surface area contributed by atoms with Crippen LogP contribution in [0.3, 0.4) is 0 Å². The van der Waals surface area contributed by atoms with E-state index >= 15 is 0 Å². The molecule has 1 aliphatic carbocycles. The van der Waals surface area contributed by atoms with E-state index in [1.54, 1.807) is 30.3 Å². The molecular weight excluding hydrogens is 408 g/mol. The fourth-order valence-corrected chi connectivity index (χ4v) is 4.45. The molecule has 31 heavy (non-hydrogen) atoms. The maximum absolute atomic E-state index is 11.7. The minimum atomic E-state index is -3.25. The van der Waals surface area contributed by atoms with Gasteiger partial charge in [-0.05, 0) is 69.7 Å². The highest BCUT2D eigenvalue weighted by atomic mass is 32.2. The summed E-state index contributed by atoms with van der Waals surface area (Å²) >= 11 is 0. The van der Waals surface area contributed by atoms with Gasteiger partial charge in [-0.3, -0.25) is 0 Å². The fourth-order valence-electron chi connectivity index (χ4n) is 4.06. The maximum atomic E-state index is 11.7. The number of hydrogen-bond donors (Lipinski definition) is 1. The van der Waals surface area contributed by atoms with Crippen LogP contribution in [0.5, 0.6) is 0 Å². The molecule has 0 saturated heterocycles. The van der Waals surface area contributed by atoms with E-state index in [-0.39, 0.29) is 16.4 Å². The average Bonchev–Trinajstić information content (AvgIpc) is 2.68. The van der Waals surface area contributed by atoms with Crippen LogP contribution in [-0.4, -0.2) is 25.7 Å². The van der Waals surface area contributed by atoms with E-state index in [0.29, 0.717) is 0 Å². The van der Waals surface area contributed by atoms with Crippen LogP contribution in [0.4, 0.5) is 0 Å². The second-order valence-corrected chi connectivity index (χ2v) is 11.6. The maximum Gasteiger partial charge on any atom is 0.335 e. The zero-order valence-corrected chi connectivity index (χ0v) is 19.6. The van der Waals surface area contributed by atoms with Crippen molar-refractivity contribution in [3.63, 3.8) is 0 Å². The molecule has 0 spiro atoms. The van der Waals surface area contributed by atoms with Gasteiger partial charge in [-0.2, -0.15) is 0 Å². The van der Waals surface area contributed by atoms with Crippen molar-refractivity contribution < 1.29 is 18.3 Å². The first kappa shape index (κ1) is 23.0. The Kier molecular flexibility index (Phi) is 6.03. The van der Waals surface area contributed by atoms with Crippen LogP contribution in [0.2, 0.25) is 0 Å². The Bertz CT molecular complexity index is 1160. The van der Waals surface area contributed by atoms with Gasteiger partial charge in [0.05, 0.1) is 5.56 Å². The van der Waals surface area contributed by atoms with Crippen LogP contribution in [0.1, 0.15) is 78.7 Å². The molecule has 1 aliphatic rings. The molecule has 0 atom stereocenters. The van der Waals surface area contributed by atoms with Crippen molar-refractivity contribution in [1.82, 2.24) is 0 Å². The van der Waals surface area contributed by atoms with Crippen LogP contribution < -0.4 is 0 Å². The molecule has 0 unspecified atom stereocenters. The van der Waals surface area contributed by atoms with Gasteiger partial charge in [0.1, 0.15) is 0 Å². The van der Waals surface area contributed by atoms with Gasteiger partial charge in [0.2, 0.25) is 0 Å². The first-order chi connectivity index (χ1) is 14.3. The van der Waals surface area contributed by atoms with Crippen molar-refractivity contribution in [3.8, 4) is 0 Å². The zero-order valence-electron chi connectivity index (χ0n) is 18.8. The van der Waals surface area contributed by atoms with Crippen molar-refractivity contribution in [3.05, 3.63) is 75.2 Å². The summed E-state index contributed by atoms with van der Waals surface area (Å²) in [5.74, 6) is -0.955. The Hall–Kier alpha value is -2.66. The molecule has 1 N–H and O–H groups in total. The SMILES string of the molecule is CC1(C)CCC(C)(C)c2cc(C=CS(C)(=O)=O)c(C=Cc3ccc(C(=O)O)cc3)cc21. The van der Waals surface area contributed by atoms with Crippen molar-refractivity contribution in [1.29, 1.82) is 0 Å². The first-order valence-electron chi connectivity index (χ1n) is 10.4. The van der Waals surface area contributed by atoms with Crippen molar-refractivity contribution >= 4 is 34.0 Å². The number of rotatable bonds is 5. The Morgan fingerprint density at radius 1 is 0.871 bits per heavy atom. The predicted octanol–water partition coefficient (Wildman–Crippen LogP) is 5.92. The first-order valence-corrected chi connectivity index (χ1v) is 12.3. The normalized spacial score (nSPS) is 17.7. The molecule has 0 aromatic heterocycles. The second kappa shape index (κ2) is 8.12. The summed E-state index contributed by atoms with van der Waals surface area (Å²) in [7, 11) is -3.25. The van der Waals surface area contributed by atoms with E-state index in [1.165, 1.54) is 22.8 Å². The summed E-state index contributed by atoms with van der Waals surface area (Å²) in [5, 5.41) is 10.3. The Morgan fingerprint density at radius 3 is 1.81 bits per heavy atom. The lowest BCUT2D eigenvalue weighted by atomic mass is 9.62. The Labute approximate surface area is 185 Å². The molecule has 0 amide bonds. The van der Waals surface area contributed by atoms with Crippen LogP contribution in [0.25, 0.3) is 18.2 Å². The Balaban J connectivity index is 2.13. The number of benzene rings is 2. The van der Waals surface area contributed by atoms with Crippen molar-refractivity contribution in [2.45, 2.75) is 51.4 Å². The van der Waals surface area contributed by atoms with Gasteiger partial charge in [-0.15, -0.1) is 0 Å². The topological polar surface area (TPSA) is 71.4 Å². The van der Waals surface area contributed by atoms with E-state index in [4.69, 9.17) is 5.11 Å². The summed E-state index contributed by atoms with van der Waals surface area (Å²) < 4.78 is 23.5. The third-order valence-electron chi connectivity index (χ3n) is 6.16. The number of aromatic carboxylic acids is 1. The van der Waals surface area contributed by atoms with Crippen LogP contribution in [0.15, 0.2) is 41.8 Å². The van der Waals surface area contributed by atoms with Gasteiger partial charge in [0.15, 0.2) is 9.84 Å².